The molecule has 0 unspecified atom stereocenters. The van der Waals surface area contributed by atoms with E-state index in [-0.39, 0.29) is 11.7 Å². The smallest absolute Gasteiger partial charge is 0.316 e. The second-order valence-electron chi connectivity index (χ2n) is 6.88. The molecule has 1 spiro atoms. The lowest BCUT2D eigenvalue weighted by molar-refractivity contribution is 0.0572. The third kappa shape index (κ3) is 2.91. The molecule has 0 bridgehead atoms. The predicted octanol–water partition coefficient (Wildman–Crippen LogP) is 0.278. The van der Waals surface area contributed by atoms with Crippen molar-refractivity contribution in [3.05, 3.63) is 36.4 Å². The minimum Gasteiger partial charge on any atom is -0.463 e. The van der Waals surface area contributed by atoms with Crippen LogP contribution in [0.15, 0.2) is 30.9 Å². The zero-order valence-corrected chi connectivity index (χ0v) is 14.9. The molecule has 2 aliphatic rings. The Labute approximate surface area is 146 Å². The number of nitrogens with zero attached hydrogens (tertiary/aromatic N) is 5. The molecule has 0 aliphatic carbocycles. The van der Waals surface area contributed by atoms with Crippen LogP contribution in [0, 0.1) is 5.92 Å². The number of ether oxygens (including phenoxy) is 1. The van der Waals surface area contributed by atoms with Crippen molar-refractivity contribution in [3.63, 3.8) is 0 Å². The van der Waals surface area contributed by atoms with Gasteiger partial charge in [0.15, 0.2) is 9.84 Å². The number of rotatable bonds is 5. The summed E-state index contributed by atoms with van der Waals surface area (Å²) in [6, 6.07) is 2.02. The third-order valence-corrected chi connectivity index (χ3v) is 7.80. The monoisotopic (exact) mass is 363 g/mol. The maximum absolute atomic E-state index is 12.7. The van der Waals surface area contributed by atoms with E-state index in [4.69, 9.17) is 4.74 Å². The normalized spacial score (nSPS) is 24.3. The summed E-state index contributed by atoms with van der Waals surface area (Å²) in [6.45, 7) is 2.16. The van der Waals surface area contributed by atoms with Gasteiger partial charge in [0.25, 0.3) is 0 Å². The zero-order valence-electron chi connectivity index (χ0n) is 14.1. The van der Waals surface area contributed by atoms with E-state index < -0.39 is 14.6 Å². The van der Waals surface area contributed by atoms with Crippen molar-refractivity contribution in [2.24, 2.45) is 13.0 Å². The number of hydrogen-bond donors (Lipinski definition) is 0. The van der Waals surface area contributed by atoms with Crippen LogP contribution in [0.3, 0.4) is 0 Å². The van der Waals surface area contributed by atoms with Crippen molar-refractivity contribution in [3.8, 4) is 6.01 Å². The largest absolute Gasteiger partial charge is 0.463 e. The molecule has 2 aliphatic heterocycles. The van der Waals surface area contributed by atoms with Crippen LogP contribution in [0.1, 0.15) is 12.0 Å². The van der Waals surface area contributed by atoms with E-state index in [0.29, 0.717) is 32.1 Å². The molecule has 0 saturated carbocycles. The Bertz CT molecular complexity index is 846. The van der Waals surface area contributed by atoms with Crippen LogP contribution in [-0.2, 0) is 23.4 Å². The fraction of sp³-hybridized carbons (Fsp3) is 0.562. The molecule has 134 valence electrons. The highest BCUT2D eigenvalue weighted by molar-refractivity contribution is 7.93. The molecule has 0 amide bonds. The van der Waals surface area contributed by atoms with Gasteiger partial charge < -0.3 is 4.74 Å². The Morgan fingerprint density at radius 2 is 2.08 bits per heavy atom. The number of sulfone groups is 1. The third-order valence-electron chi connectivity index (χ3n) is 5.20. The Hall–Kier alpha value is -2.00. The van der Waals surface area contributed by atoms with Crippen molar-refractivity contribution in [2.45, 2.75) is 17.7 Å². The first kappa shape index (κ1) is 16.5. The second kappa shape index (κ2) is 6.06. The number of aryl methyl sites for hydroxylation is 1. The van der Waals surface area contributed by atoms with Crippen molar-refractivity contribution in [2.75, 3.05) is 25.4 Å². The molecule has 8 nitrogen and oxygen atoms in total. The Morgan fingerprint density at radius 1 is 1.32 bits per heavy atom. The topological polar surface area (TPSA) is 90.2 Å². The van der Waals surface area contributed by atoms with Crippen molar-refractivity contribution >= 4 is 9.84 Å². The van der Waals surface area contributed by atoms with Gasteiger partial charge in [-0.2, -0.15) is 5.10 Å². The maximum atomic E-state index is 12.7. The summed E-state index contributed by atoms with van der Waals surface area (Å²) >= 11 is 0. The number of hydrogen-bond acceptors (Lipinski definition) is 7. The summed E-state index contributed by atoms with van der Waals surface area (Å²) in [6.07, 6.45) is 7.64. The quantitative estimate of drug-likeness (QED) is 0.753. The SMILES string of the molecule is Cn1cc(CN2CC3(C2)[C@@H](COc2ncccn2)CCS3(=O)=O)cn1. The molecule has 25 heavy (non-hydrogen) atoms. The molecule has 4 rings (SSSR count). The molecule has 1 atom stereocenters. The summed E-state index contributed by atoms with van der Waals surface area (Å²) in [5.74, 6) is 0.212. The molecular formula is C16H21N5O3S. The molecule has 0 radical (unpaired) electrons. The Morgan fingerprint density at radius 3 is 2.76 bits per heavy atom. The van der Waals surface area contributed by atoms with Gasteiger partial charge in [-0.15, -0.1) is 0 Å². The lowest BCUT2D eigenvalue weighted by Crippen LogP contribution is -2.67. The van der Waals surface area contributed by atoms with E-state index in [1.807, 2.05) is 19.4 Å². The van der Waals surface area contributed by atoms with Crippen molar-refractivity contribution in [1.82, 2.24) is 24.6 Å². The molecular weight excluding hydrogens is 342 g/mol. The highest BCUT2D eigenvalue weighted by atomic mass is 32.2. The van der Waals surface area contributed by atoms with Gasteiger partial charge in [-0.25, -0.2) is 18.4 Å². The standard InChI is InChI=1S/C16H21N5O3S/c1-20-8-13(7-19-20)9-21-11-16(12-21)14(3-6-25(16,22)23)10-24-15-17-4-2-5-18-15/h2,4-5,7-8,14H,3,6,9-12H2,1H3/t14-/m1/s1. The molecule has 0 aromatic carbocycles. The molecule has 2 aromatic heterocycles. The molecule has 9 heteroatoms. The summed E-state index contributed by atoms with van der Waals surface area (Å²) in [5, 5.41) is 4.16. The van der Waals surface area contributed by atoms with Gasteiger partial charge in [-0.1, -0.05) is 0 Å². The summed E-state index contributed by atoms with van der Waals surface area (Å²) < 4.78 is 32.0. The van der Waals surface area contributed by atoms with Crippen LogP contribution in [0.25, 0.3) is 0 Å². The first-order chi connectivity index (χ1) is 12.0. The molecule has 4 heterocycles. The van der Waals surface area contributed by atoms with Gasteiger partial charge in [0.05, 0.1) is 18.6 Å². The van der Waals surface area contributed by atoms with E-state index in [0.717, 1.165) is 12.1 Å². The summed E-state index contributed by atoms with van der Waals surface area (Å²) in [5.41, 5.74) is 1.10. The van der Waals surface area contributed by atoms with Gasteiger partial charge in [-0.05, 0) is 12.5 Å². The number of likely N-dealkylation sites (tertiary alicyclic amines) is 1. The van der Waals surface area contributed by atoms with Crippen LogP contribution in [-0.4, -0.2) is 63.3 Å². The predicted molar refractivity (Wildman–Crippen MR) is 90.6 cm³/mol. The Balaban J connectivity index is 1.43. The lowest BCUT2D eigenvalue weighted by atomic mass is 9.83. The van der Waals surface area contributed by atoms with Gasteiger partial charge in [0.1, 0.15) is 4.75 Å². The highest BCUT2D eigenvalue weighted by Gasteiger charge is 2.61. The van der Waals surface area contributed by atoms with Gasteiger partial charge >= 0.3 is 6.01 Å². The van der Waals surface area contributed by atoms with E-state index in [1.165, 1.54) is 0 Å². The van der Waals surface area contributed by atoms with Crippen LogP contribution in [0.5, 0.6) is 6.01 Å². The first-order valence-corrected chi connectivity index (χ1v) is 9.96. The van der Waals surface area contributed by atoms with Crippen LogP contribution in [0.2, 0.25) is 0 Å². The fourth-order valence-corrected chi connectivity index (χ4v) is 6.33. The number of aromatic nitrogens is 4. The first-order valence-electron chi connectivity index (χ1n) is 8.30. The minimum atomic E-state index is -3.11. The molecule has 2 aromatic rings. The van der Waals surface area contributed by atoms with E-state index in [9.17, 15) is 8.42 Å². The van der Waals surface area contributed by atoms with Gasteiger partial charge in [0, 0.05) is 56.8 Å². The average molecular weight is 363 g/mol. The van der Waals surface area contributed by atoms with Crippen LogP contribution < -0.4 is 4.74 Å². The summed E-state index contributed by atoms with van der Waals surface area (Å²) in [7, 11) is -1.23. The molecule has 2 saturated heterocycles. The maximum Gasteiger partial charge on any atom is 0.316 e. The molecule has 0 N–H and O–H groups in total. The van der Waals surface area contributed by atoms with Gasteiger partial charge in [-0.3, -0.25) is 9.58 Å². The lowest BCUT2D eigenvalue weighted by Gasteiger charge is -2.49. The van der Waals surface area contributed by atoms with E-state index in [1.54, 1.807) is 23.1 Å². The molecule has 2 fully saturated rings. The average Bonchev–Trinajstić information content (AvgIpc) is 3.08. The second-order valence-corrected chi connectivity index (χ2v) is 9.33. The highest BCUT2D eigenvalue weighted by Crippen LogP contribution is 2.45. The summed E-state index contributed by atoms with van der Waals surface area (Å²) in [4.78, 5) is 10.2. The van der Waals surface area contributed by atoms with Crippen molar-refractivity contribution < 1.29 is 13.2 Å². The van der Waals surface area contributed by atoms with E-state index in [2.05, 4.69) is 20.0 Å². The van der Waals surface area contributed by atoms with Crippen LogP contribution >= 0.6 is 0 Å². The Kier molecular flexibility index (Phi) is 3.99. The van der Waals surface area contributed by atoms with Crippen molar-refractivity contribution in [1.29, 1.82) is 0 Å². The minimum absolute atomic E-state index is 0.0218. The van der Waals surface area contributed by atoms with Gasteiger partial charge in [0.2, 0.25) is 0 Å². The van der Waals surface area contributed by atoms with E-state index >= 15 is 0 Å². The fourth-order valence-electron chi connectivity index (χ4n) is 3.88. The van der Waals surface area contributed by atoms with Crippen LogP contribution in [0.4, 0.5) is 0 Å². The zero-order chi connectivity index (χ0) is 17.5.